The molecule has 7 rings (SSSR count). The number of carbonyl (C=O) groups is 1. The number of fused-ring (bicyclic) bond motifs is 2. The molecular formula is C27H21FN6OS. The summed E-state index contributed by atoms with van der Waals surface area (Å²) >= 11 is 1.60. The van der Waals surface area contributed by atoms with E-state index < -0.39 is 5.95 Å². The Kier molecular flexibility index (Phi) is 4.77. The number of nitrogens with one attached hydrogen (secondary N) is 2. The smallest absolute Gasteiger partial charge is 0.272 e. The number of pyridine rings is 2. The number of nitrogens with zero attached hydrogens (tertiary/aromatic N) is 4. The van der Waals surface area contributed by atoms with Gasteiger partial charge in [-0.25, -0.2) is 9.97 Å². The fourth-order valence-electron chi connectivity index (χ4n) is 5.05. The van der Waals surface area contributed by atoms with Crippen molar-refractivity contribution in [3.63, 3.8) is 0 Å². The predicted octanol–water partition coefficient (Wildman–Crippen LogP) is 4.83. The van der Waals surface area contributed by atoms with Gasteiger partial charge in [-0.05, 0) is 54.1 Å². The average molecular weight is 497 g/mol. The standard InChI is InChI=1S/C27H21FN6OS/c28-25-18(3-5-22(33-25)26(35)34-13-27(14-34)11-29-12-27)16-1-4-20-19(9-16)21(7-8-30-20)32-17-2-6-24-23(10-17)31-15-36-24/h1-10,15,29H,11-14H2,(H,30,32). The van der Waals surface area contributed by atoms with Crippen molar-refractivity contribution < 1.29 is 9.18 Å². The molecule has 5 heterocycles. The highest BCUT2D eigenvalue weighted by atomic mass is 32.1. The van der Waals surface area contributed by atoms with Crippen molar-refractivity contribution in [3.8, 4) is 11.1 Å². The van der Waals surface area contributed by atoms with E-state index in [-0.39, 0.29) is 17.0 Å². The number of benzene rings is 2. The maximum Gasteiger partial charge on any atom is 0.272 e. The zero-order valence-electron chi connectivity index (χ0n) is 19.2. The molecule has 2 N–H and O–H groups in total. The lowest BCUT2D eigenvalue weighted by Gasteiger charge is -2.55. The number of aromatic nitrogens is 3. The van der Waals surface area contributed by atoms with Crippen LogP contribution in [0.15, 0.2) is 66.3 Å². The minimum Gasteiger partial charge on any atom is -0.355 e. The summed E-state index contributed by atoms with van der Waals surface area (Å²) in [5, 5.41) is 7.55. The fourth-order valence-corrected chi connectivity index (χ4v) is 5.71. The minimum atomic E-state index is -0.659. The Bertz CT molecular complexity index is 1660. The van der Waals surface area contributed by atoms with Gasteiger partial charge in [-0.1, -0.05) is 6.07 Å². The SMILES string of the molecule is O=C(c1ccc(-c2ccc3nccc(Nc4ccc5scnc5c4)c3c2)c(F)n1)N1CC2(CNC2)C1. The molecule has 7 nitrogen and oxygen atoms in total. The van der Waals surface area contributed by atoms with E-state index in [0.29, 0.717) is 24.2 Å². The van der Waals surface area contributed by atoms with Crippen LogP contribution in [-0.4, -0.2) is 51.9 Å². The Morgan fingerprint density at radius 2 is 1.92 bits per heavy atom. The normalized spacial score (nSPS) is 16.2. The average Bonchev–Trinajstić information content (AvgIpc) is 3.30. The number of amides is 1. The Balaban J connectivity index is 1.18. The van der Waals surface area contributed by atoms with Crippen molar-refractivity contribution >= 4 is 49.7 Å². The predicted molar refractivity (Wildman–Crippen MR) is 139 cm³/mol. The molecule has 1 spiro atoms. The Labute approximate surface area is 210 Å². The van der Waals surface area contributed by atoms with Crippen molar-refractivity contribution in [2.45, 2.75) is 0 Å². The molecule has 0 unspecified atom stereocenters. The molecule has 2 fully saturated rings. The first-order valence-corrected chi connectivity index (χ1v) is 12.6. The van der Waals surface area contributed by atoms with Crippen LogP contribution in [0.4, 0.5) is 15.8 Å². The molecule has 2 saturated heterocycles. The number of carbonyl (C=O) groups excluding carboxylic acids is 1. The lowest BCUT2D eigenvalue weighted by molar-refractivity contribution is -0.0252. The molecule has 9 heteroatoms. The number of likely N-dealkylation sites (tertiary alicyclic amines) is 1. The molecule has 0 bridgehead atoms. The van der Waals surface area contributed by atoms with E-state index in [9.17, 15) is 4.79 Å². The van der Waals surface area contributed by atoms with Gasteiger partial charge in [0.2, 0.25) is 5.95 Å². The summed E-state index contributed by atoms with van der Waals surface area (Å²) in [6.07, 6.45) is 1.74. The Morgan fingerprint density at radius 1 is 1.03 bits per heavy atom. The van der Waals surface area contributed by atoms with Crippen molar-refractivity contribution in [3.05, 3.63) is 77.9 Å². The van der Waals surface area contributed by atoms with Crippen LogP contribution in [0.25, 0.3) is 32.2 Å². The van der Waals surface area contributed by atoms with Crippen LogP contribution in [-0.2, 0) is 0 Å². The Morgan fingerprint density at radius 3 is 2.72 bits per heavy atom. The van der Waals surface area contributed by atoms with Gasteiger partial charge in [0.05, 0.1) is 21.2 Å². The van der Waals surface area contributed by atoms with Crippen LogP contribution >= 0.6 is 11.3 Å². The third kappa shape index (κ3) is 3.51. The maximum absolute atomic E-state index is 15.1. The number of thiazole rings is 1. The van der Waals surface area contributed by atoms with Gasteiger partial charge in [-0.2, -0.15) is 4.39 Å². The summed E-state index contributed by atoms with van der Waals surface area (Å²) in [5.74, 6) is -0.877. The van der Waals surface area contributed by atoms with Gasteiger partial charge in [0.25, 0.3) is 5.91 Å². The molecule has 3 aromatic heterocycles. The fraction of sp³-hybridized carbons (Fsp3) is 0.185. The molecule has 2 aliphatic heterocycles. The van der Waals surface area contributed by atoms with Crippen molar-refractivity contribution in [2.75, 3.05) is 31.5 Å². The largest absolute Gasteiger partial charge is 0.355 e. The lowest BCUT2D eigenvalue weighted by atomic mass is 9.74. The van der Waals surface area contributed by atoms with Gasteiger partial charge in [-0.3, -0.25) is 9.78 Å². The third-order valence-corrected chi connectivity index (χ3v) is 7.88. The summed E-state index contributed by atoms with van der Waals surface area (Å²) < 4.78 is 16.3. The second-order valence-corrected chi connectivity index (χ2v) is 10.4. The first kappa shape index (κ1) is 21.3. The van der Waals surface area contributed by atoms with E-state index in [2.05, 4.69) is 25.6 Å². The van der Waals surface area contributed by atoms with Gasteiger partial charge < -0.3 is 15.5 Å². The van der Waals surface area contributed by atoms with Crippen molar-refractivity contribution in [1.82, 2.24) is 25.2 Å². The molecule has 1 amide bonds. The highest BCUT2D eigenvalue weighted by Gasteiger charge is 2.49. The van der Waals surface area contributed by atoms with Crippen LogP contribution < -0.4 is 10.6 Å². The second-order valence-electron chi connectivity index (χ2n) is 9.55. The minimum absolute atomic E-state index is 0.139. The van der Waals surface area contributed by atoms with E-state index in [1.807, 2.05) is 48.0 Å². The molecule has 5 aromatic rings. The monoisotopic (exact) mass is 496 g/mol. The number of hydrogen-bond acceptors (Lipinski definition) is 7. The summed E-state index contributed by atoms with van der Waals surface area (Å²) in [4.78, 5) is 27.4. The van der Waals surface area contributed by atoms with Crippen molar-refractivity contribution in [2.24, 2.45) is 5.41 Å². The van der Waals surface area contributed by atoms with E-state index in [1.165, 1.54) is 0 Å². The molecule has 0 atom stereocenters. The summed E-state index contributed by atoms with van der Waals surface area (Å²) in [5.41, 5.74) is 6.68. The lowest BCUT2D eigenvalue weighted by Crippen LogP contribution is -2.71. The van der Waals surface area contributed by atoms with Crippen LogP contribution in [0.2, 0.25) is 0 Å². The molecule has 2 aromatic carbocycles. The summed E-state index contributed by atoms with van der Waals surface area (Å²) in [6.45, 7) is 3.27. The summed E-state index contributed by atoms with van der Waals surface area (Å²) in [7, 11) is 0. The van der Waals surface area contributed by atoms with Gasteiger partial charge in [0.15, 0.2) is 0 Å². The first-order chi connectivity index (χ1) is 17.6. The zero-order valence-corrected chi connectivity index (χ0v) is 20.0. The molecular weight excluding hydrogens is 475 g/mol. The maximum atomic E-state index is 15.1. The second kappa shape index (κ2) is 8.04. The molecule has 0 aliphatic carbocycles. The van der Waals surface area contributed by atoms with E-state index in [0.717, 1.165) is 45.6 Å². The van der Waals surface area contributed by atoms with Gasteiger partial charge >= 0.3 is 0 Å². The van der Waals surface area contributed by atoms with Crippen molar-refractivity contribution in [1.29, 1.82) is 0 Å². The van der Waals surface area contributed by atoms with Gasteiger partial charge in [-0.15, -0.1) is 11.3 Å². The van der Waals surface area contributed by atoms with E-state index in [4.69, 9.17) is 0 Å². The molecule has 0 saturated carbocycles. The zero-order chi connectivity index (χ0) is 24.3. The van der Waals surface area contributed by atoms with E-state index >= 15 is 4.39 Å². The number of hydrogen-bond donors (Lipinski definition) is 2. The molecule has 2 aliphatic rings. The molecule has 0 radical (unpaired) electrons. The van der Waals surface area contributed by atoms with Crippen LogP contribution in [0.1, 0.15) is 10.5 Å². The third-order valence-electron chi connectivity index (χ3n) is 7.07. The molecule has 36 heavy (non-hydrogen) atoms. The Hall–Kier alpha value is -3.95. The quantitative estimate of drug-likeness (QED) is 0.347. The van der Waals surface area contributed by atoms with Gasteiger partial charge in [0, 0.05) is 60.1 Å². The number of anilines is 2. The van der Waals surface area contributed by atoms with Crippen LogP contribution in [0.5, 0.6) is 0 Å². The number of rotatable bonds is 4. The highest BCUT2D eigenvalue weighted by Crippen LogP contribution is 2.35. The van der Waals surface area contributed by atoms with Crippen LogP contribution in [0.3, 0.4) is 0 Å². The summed E-state index contributed by atoms with van der Waals surface area (Å²) in [6, 6.07) is 16.8. The van der Waals surface area contributed by atoms with Crippen LogP contribution in [0, 0.1) is 11.4 Å². The molecule has 178 valence electrons. The van der Waals surface area contributed by atoms with E-state index in [1.54, 1.807) is 34.6 Å². The van der Waals surface area contributed by atoms with Gasteiger partial charge in [0.1, 0.15) is 5.69 Å². The topological polar surface area (TPSA) is 83.0 Å². The first-order valence-electron chi connectivity index (χ1n) is 11.7. The highest BCUT2D eigenvalue weighted by molar-refractivity contribution is 7.16. The number of halogens is 1.